The summed E-state index contributed by atoms with van der Waals surface area (Å²) < 4.78 is 10.0. The van der Waals surface area contributed by atoms with E-state index < -0.39 is 29.7 Å². The van der Waals surface area contributed by atoms with Crippen molar-refractivity contribution in [2.24, 2.45) is 0 Å². The Kier molecular flexibility index (Phi) is 16.2. The van der Waals surface area contributed by atoms with Gasteiger partial charge in [0.05, 0.1) is 43.4 Å². The van der Waals surface area contributed by atoms with Crippen LogP contribution in [0.3, 0.4) is 0 Å². The van der Waals surface area contributed by atoms with Gasteiger partial charge in [-0.15, -0.1) is 56.7 Å². The molecule has 8 heterocycles. The zero-order valence-electron chi connectivity index (χ0n) is 38.9. The number of methoxy groups -OCH3 is 2. The minimum absolute atomic E-state index is 0.00533. The molecule has 0 saturated carbocycles. The van der Waals surface area contributed by atoms with Gasteiger partial charge in [0.2, 0.25) is 11.8 Å². The highest BCUT2D eigenvalue weighted by atomic mass is 32.1. The molecule has 0 aliphatic carbocycles. The number of hydrogen-bond donors (Lipinski definition) is 5. The van der Waals surface area contributed by atoms with Gasteiger partial charge in [-0.25, -0.2) is 34.9 Å². The first-order valence-corrected chi connectivity index (χ1v) is 27.4. The molecule has 374 valence electrons. The molecule has 1 aliphatic heterocycles. The molecular weight excluding hydrogens is 1050 g/mol. The summed E-state index contributed by atoms with van der Waals surface area (Å²) in [6, 6.07) is 12.7. The van der Waals surface area contributed by atoms with Crippen LogP contribution >= 0.6 is 68.0 Å². The van der Waals surface area contributed by atoms with Crippen molar-refractivity contribution >= 4 is 114 Å². The van der Waals surface area contributed by atoms with Gasteiger partial charge in [-0.2, -0.15) is 0 Å². The van der Waals surface area contributed by atoms with Crippen LogP contribution in [-0.2, 0) is 43.4 Å². The van der Waals surface area contributed by atoms with Crippen LogP contribution in [-0.4, -0.2) is 91.2 Å². The number of thiazole rings is 6. The maximum atomic E-state index is 13.7. The van der Waals surface area contributed by atoms with Crippen LogP contribution < -0.4 is 26.6 Å². The first kappa shape index (κ1) is 50.9. The Balaban J connectivity index is 1.04. The van der Waals surface area contributed by atoms with Gasteiger partial charge in [0.1, 0.15) is 65.0 Å². The molecule has 0 radical (unpaired) electrons. The molecule has 7 aromatic heterocycles. The van der Waals surface area contributed by atoms with E-state index in [1.54, 1.807) is 23.8 Å². The Hall–Kier alpha value is -7.07. The molecule has 0 fully saturated rings. The number of benzene rings is 1. The Morgan fingerprint density at radius 3 is 2.25 bits per heavy atom. The standard InChI is InChI=1S/C47H42N12O8S6/c1-23-37-42(65)59-47-58-39(31(73-47)18-66-2)41(64)48-16-34(61)50-27(15-24-9-5-4-6-10-24)45-54-30(21-70-45)46-52-28(19-69-46)38-25(43-53-29(20-68-43)40(63)49-17-35(57-37)72-23)13-14-26(51-38)44-56-32(22-71-44)55-33(60)11-7-8-12-36(62)67-3/h4-6,9-10,13-14,19-22,27H,7-8,11-12,15-18H2,1-3H3,(H,48,64)(H,49,63)(H,50,61)(H,55,60)(H,58,59,65)/t27-/m0/s1. The monoisotopic (exact) mass is 1090 g/mol. The molecule has 26 heteroatoms. The predicted molar refractivity (Wildman–Crippen MR) is 280 cm³/mol. The maximum Gasteiger partial charge on any atom is 0.305 e. The fourth-order valence-corrected chi connectivity index (χ4v) is 12.3. The topological polar surface area (TPSA) is 271 Å². The van der Waals surface area contributed by atoms with Crippen molar-refractivity contribution in [3.63, 3.8) is 0 Å². The third-order valence-corrected chi connectivity index (χ3v) is 16.3. The van der Waals surface area contributed by atoms with Crippen molar-refractivity contribution < 1.29 is 38.2 Å². The van der Waals surface area contributed by atoms with E-state index in [2.05, 4.69) is 46.3 Å². The van der Waals surface area contributed by atoms with Crippen molar-refractivity contribution in [2.75, 3.05) is 31.4 Å². The smallest absolute Gasteiger partial charge is 0.305 e. The average molecular weight is 1100 g/mol. The van der Waals surface area contributed by atoms with E-state index in [-0.39, 0.29) is 66.6 Å². The van der Waals surface area contributed by atoms with Crippen LogP contribution in [0.5, 0.6) is 0 Å². The molecule has 0 spiro atoms. The lowest BCUT2D eigenvalue weighted by Crippen LogP contribution is -2.39. The van der Waals surface area contributed by atoms with Crippen molar-refractivity contribution in [3.05, 3.63) is 106 Å². The summed E-state index contributed by atoms with van der Waals surface area (Å²) in [5.41, 5.74) is 3.85. The second-order valence-corrected chi connectivity index (χ2v) is 21.8. The summed E-state index contributed by atoms with van der Waals surface area (Å²) in [6.07, 6.45) is 1.87. The third kappa shape index (κ3) is 12.4. The van der Waals surface area contributed by atoms with E-state index in [1.807, 2.05) is 47.2 Å². The average Bonchev–Trinajstić information content (AvgIpc) is 4.26. The van der Waals surface area contributed by atoms with Crippen molar-refractivity contribution in [1.29, 1.82) is 0 Å². The number of fused-ring (bicyclic) bond motifs is 14. The minimum Gasteiger partial charge on any atom is -0.469 e. The second kappa shape index (κ2) is 23.2. The maximum absolute atomic E-state index is 13.7. The molecule has 20 nitrogen and oxygen atoms in total. The number of pyridine rings is 1. The summed E-state index contributed by atoms with van der Waals surface area (Å²) >= 11 is 7.55. The summed E-state index contributed by atoms with van der Waals surface area (Å²) in [7, 11) is 2.80. The van der Waals surface area contributed by atoms with E-state index >= 15 is 0 Å². The quantitative estimate of drug-likeness (QED) is 0.0608. The number of rotatable bonds is 11. The van der Waals surface area contributed by atoms with Crippen LogP contribution in [0, 0.1) is 6.92 Å². The number of esters is 1. The lowest BCUT2D eigenvalue weighted by Gasteiger charge is -2.17. The molecule has 1 aliphatic rings. The molecule has 5 amide bonds. The number of ether oxygens (including phenoxy) is 2. The number of unbranched alkanes of at least 4 members (excludes halogenated alkanes) is 1. The highest BCUT2D eigenvalue weighted by Crippen LogP contribution is 2.39. The van der Waals surface area contributed by atoms with Crippen LogP contribution in [0.15, 0.2) is 64.0 Å². The molecule has 73 heavy (non-hydrogen) atoms. The fourth-order valence-electron chi connectivity index (χ4n) is 7.30. The highest BCUT2D eigenvalue weighted by molar-refractivity contribution is 7.16. The van der Waals surface area contributed by atoms with Gasteiger partial charge < -0.3 is 30.7 Å². The Labute approximate surface area is 440 Å². The minimum atomic E-state index is -0.636. The zero-order valence-corrected chi connectivity index (χ0v) is 43.8. The molecule has 10 bridgehead atoms. The van der Waals surface area contributed by atoms with Crippen LogP contribution in [0.2, 0.25) is 0 Å². The Morgan fingerprint density at radius 2 is 1.42 bits per heavy atom. The lowest BCUT2D eigenvalue weighted by molar-refractivity contribution is -0.140. The normalized spacial score (nSPS) is 14.2. The van der Waals surface area contributed by atoms with E-state index in [0.29, 0.717) is 88.2 Å². The SMILES string of the molecule is COCc1sc2nc1C(=O)NCC(=O)N[C@@H](Cc1ccccc1)c1nc(cs1)-c1nc(cs1)-c1nc(-c3nc(NC(=O)CCCCC(=O)OC)cs3)ccc1-c1nc(cs1)C(=O)NCc1nc(c(C)s1)C(=O)N2. The van der Waals surface area contributed by atoms with E-state index in [0.717, 1.165) is 16.9 Å². The lowest BCUT2D eigenvalue weighted by atomic mass is 10.1. The predicted octanol–water partition coefficient (Wildman–Crippen LogP) is 7.94. The van der Waals surface area contributed by atoms with E-state index in [4.69, 9.17) is 24.7 Å². The number of nitrogens with zero attached hydrogens (tertiary/aromatic N) is 7. The van der Waals surface area contributed by atoms with Gasteiger partial charge in [-0.05, 0) is 43.9 Å². The van der Waals surface area contributed by atoms with Crippen LogP contribution in [0.1, 0.15) is 88.5 Å². The molecule has 9 rings (SSSR count). The highest BCUT2D eigenvalue weighted by Gasteiger charge is 2.26. The van der Waals surface area contributed by atoms with Crippen molar-refractivity contribution in [2.45, 2.75) is 58.2 Å². The Morgan fingerprint density at radius 1 is 0.685 bits per heavy atom. The summed E-state index contributed by atoms with van der Waals surface area (Å²) in [5.74, 6) is -2.33. The summed E-state index contributed by atoms with van der Waals surface area (Å²) in [4.78, 5) is 113. The number of carbonyl (C=O) groups excluding carboxylic acids is 6. The van der Waals surface area contributed by atoms with Crippen LogP contribution in [0.25, 0.3) is 43.4 Å². The van der Waals surface area contributed by atoms with Crippen LogP contribution in [0.4, 0.5) is 10.9 Å². The fraction of sp³-hybridized carbons (Fsp3) is 0.255. The van der Waals surface area contributed by atoms with Gasteiger partial charge in [0.25, 0.3) is 17.7 Å². The van der Waals surface area contributed by atoms with Gasteiger partial charge in [0, 0.05) is 51.9 Å². The first-order chi connectivity index (χ1) is 35.4. The molecule has 8 aromatic rings. The zero-order chi connectivity index (χ0) is 51.0. The largest absolute Gasteiger partial charge is 0.469 e. The second-order valence-electron chi connectivity index (χ2n) is 16.0. The number of aryl methyl sites for hydroxylation is 1. The van der Waals surface area contributed by atoms with E-state index in [1.165, 1.54) is 70.9 Å². The number of nitrogens with one attached hydrogen (secondary N) is 5. The number of carbonyl (C=O) groups is 6. The molecular formula is C47H42N12O8S6. The van der Waals surface area contributed by atoms with Crippen molar-refractivity contribution in [3.8, 4) is 43.4 Å². The number of amides is 5. The van der Waals surface area contributed by atoms with E-state index in [9.17, 15) is 28.8 Å². The van der Waals surface area contributed by atoms with Crippen molar-refractivity contribution in [1.82, 2.24) is 50.8 Å². The number of aromatic nitrogens is 7. The third-order valence-electron chi connectivity index (χ3n) is 10.8. The number of anilines is 2. The first-order valence-electron chi connectivity index (χ1n) is 22.3. The summed E-state index contributed by atoms with van der Waals surface area (Å²) in [5, 5.41) is 24.0. The van der Waals surface area contributed by atoms with Gasteiger partial charge in [-0.3, -0.25) is 34.1 Å². The molecule has 1 atom stereocenters. The molecule has 1 aromatic carbocycles. The molecule has 5 N–H and O–H groups in total. The van der Waals surface area contributed by atoms with Gasteiger partial charge >= 0.3 is 5.97 Å². The number of hydrogen-bond acceptors (Lipinski definition) is 21. The van der Waals surface area contributed by atoms with Gasteiger partial charge in [0.15, 0.2) is 5.13 Å². The molecule has 0 saturated heterocycles. The van der Waals surface area contributed by atoms with Gasteiger partial charge in [-0.1, -0.05) is 41.7 Å². The Bertz CT molecular complexity index is 3340. The molecule has 0 unspecified atom stereocenters. The summed E-state index contributed by atoms with van der Waals surface area (Å²) in [6.45, 7) is 1.39.